The molecule has 0 spiro atoms. The minimum atomic E-state index is 0.626. The van der Waals surface area contributed by atoms with Crippen molar-refractivity contribution < 1.29 is 0 Å². The second-order valence-electron chi connectivity index (χ2n) is 7.39. The molecule has 5 heteroatoms. The average Bonchev–Trinajstić information content (AvgIpc) is 3.23. The second-order valence-corrected chi connectivity index (χ2v) is 8.81. The summed E-state index contributed by atoms with van der Waals surface area (Å²) in [6, 6.07) is 4.97. The molecular formula is C18H29N3S2. The van der Waals surface area contributed by atoms with Crippen LogP contribution in [0.2, 0.25) is 0 Å². The molecule has 1 aromatic heterocycles. The van der Waals surface area contributed by atoms with E-state index in [0.717, 1.165) is 43.0 Å². The van der Waals surface area contributed by atoms with E-state index in [2.05, 4.69) is 46.7 Å². The Bertz CT molecular complexity index is 500. The summed E-state index contributed by atoms with van der Waals surface area (Å²) >= 11 is 7.61. The highest BCUT2D eigenvalue weighted by molar-refractivity contribution is 7.80. The van der Waals surface area contributed by atoms with Crippen LogP contribution in [0.5, 0.6) is 0 Å². The van der Waals surface area contributed by atoms with Crippen molar-refractivity contribution in [2.75, 3.05) is 27.2 Å². The quantitative estimate of drug-likeness (QED) is 0.757. The minimum absolute atomic E-state index is 0.626. The van der Waals surface area contributed by atoms with E-state index in [9.17, 15) is 0 Å². The first kappa shape index (κ1) is 17.2. The predicted octanol–water partition coefficient (Wildman–Crippen LogP) is 3.56. The third-order valence-corrected chi connectivity index (χ3v) is 6.53. The molecule has 1 heterocycles. The molecule has 0 aromatic carbocycles. The van der Waals surface area contributed by atoms with Gasteiger partial charge in [-0.1, -0.05) is 12.5 Å². The van der Waals surface area contributed by atoms with Crippen LogP contribution in [-0.2, 0) is 6.54 Å². The van der Waals surface area contributed by atoms with E-state index in [-0.39, 0.29) is 0 Å². The van der Waals surface area contributed by atoms with E-state index in [4.69, 9.17) is 12.2 Å². The first-order valence-electron chi connectivity index (χ1n) is 8.84. The van der Waals surface area contributed by atoms with Crippen molar-refractivity contribution in [2.24, 2.45) is 11.8 Å². The molecule has 3 nitrogen and oxygen atoms in total. The summed E-state index contributed by atoms with van der Waals surface area (Å²) in [5.74, 6) is 1.82. The van der Waals surface area contributed by atoms with Gasteiger partial charge in [0.05, 0.1) is 6.54 Å². The zero-order valence-electron chi connectivity index (χ0n) is 14.3. The molecule has 1 aromatic rings. The number of rotatable bonds is 7. The maximum absolute atomic E-state index is 5.79. The van der Waals surface area contributed by atoms with Gasteiger partial charge in [0.25, 0.3) is 0 Å². The third kappa shape index (κ3) is 4.68. The fraction of sp³-hybridized carbons (Fsp3) is 0.722. The zero-order chi connectivity index (χ0) is 16.2. The van der Waals surface area contributed by atoms with Gasteiger partial charge in [-0.3, -0.25) is 0 Å². The molecular weight excluding hydrogens is 322 g/mol. The van der Waals surface area contributed by atoms with Crippen LogP contribution in [-0.4, -0.2) is 48.1 Å². The van der Waals surface area contributed by atoms with Gasteiger partial charge in [-0.2, -0.15) is 0 Å². The van der Waals surface area contributed by atoms with Crippen molar-refractivity contribution in [3.8, 4) is 0 Å². The molecule has 0 unspecified atom stereocenters. The van der Waals surface area contributed by atoms with E-state index in [1.807, 2.05) is 11.3 Å². The molecule has 3 rings (SSSR count). The highest BCUT2D eigenvalue weighted by Crippen LogP contribution is 2.44. The van der Waals surface area contributed by atoms with E-state index in [1.54, 1.807) is 0 Å². The molecule has 0 aliphatic heterocycles. The van der Waals surface area contributed by atoms with Gasteiger partial charge in [-0.05, 0) is 81.8 Å². The van der Waals surface area contributed by atoms with Crippen molar-refractivity contribution >= 4 is 28.7 Å². The highest BCUT2D eigenvalue weighted by atomic mass is 32.1. The lowest BCUT2D eigenvalue weighted by Gasteiger charge is -2.31. The van der Waals surface area contributed by atoms with Crippen molar-refractivity contribution in [2.45, 2.75) is 44.7 Å². The Morgan fingerprint density at radius 1 is 1.30 bits per heavy atom. The lowest BCUT2D eigenvalue weighted by atomic mass is 9.95. The smallest absolute Gasteiger partial charge is 0.169 e. The number of thiophene rings is 1. The molecule has 0 radical (unpaired) electrons. The topological polar surface area (TPSA) is 18.5 Å². The molecule has 0 amide bonds. The van der Waals surface area contributed by atoms with Crippen molar-refractivity contribution in [1.82, 2.24) is 15.1 Å². The van der Waals surface area contributed by atoms with Gasteiger partial charge in [0, 0.05) is 17.5 Å². The monoisotopic (exact) mass is 351 g/mol. The van der Waals surface area contributed by atoms with Crippen LogP contribution in [0.15, 0.2) is 17.5 Å². The van der Waals surface area contributed by atoms with E-state index in [0.29, 0.717) is 6.04 Å². The van der Waals surface area contributed by atoms with Gasteiger partial charge in [0.2, 0.25) is 0 Å². The first-order valence-corrected chi connectivity index (χ1v) is 10.1. The number of nitrogens with zero attached hydrogens (tertiary/aromatic N) is 2. The van der Waals surface area contributed by atoms with Crippen molar-refractivity contribution in [3.63, 3.8) is 0 Å². The van der Waals surface area contributed by atoms with Gasteiger partial charge in [0.1, 0.15) is 0 Å². The molecule has 128 valence electrons. The summed E-state index contributed by atoms with van der Waals surface area (Å²) in [5, 5.41) is 6.83. The van der Waals surface area contributed by atoms with Gasteiger partial charge in [0.15, 0.2) is 5.11 Å². The Morgan fingerprint density at radius 2 is 2.17 bits per heavy atom. The second kappa shape index (κ2) is 7.95. The summed E-state index contributed by atoms with van der Waals surface area (Å²) in [4.78, 5) is 6.01. The zero-order valence-corrected chi connectivity index (χ0v) is 16.0. The molecule has 23 heavy (non-hydrogen) atoms. The Kier molecular flexibility index (Phi) is 5.94. The Labute approximate surface area is 150 Å². The standard InChI is InChI=1S/C18H29N3S2/c1-20(2)8-4-9-21(13-16-5-3-10-23-16)18(22)19-17-12-14-6-7-15(17)11-14/h3,5,10,14-15,17H,4,6-9,11-13H2,1-2H3,(H,19,22)/t14-,15-,17+/m0/s1. The van der Waals surface area contributed by atoms with Crippen LogP contribution in [0.25, 0.3) is 0 Å². The van der Waals surface area contributed by atoms with Gasteiger partial charge < -0.3 is 15.1 Å². The number of hydrogen-bond acceptors (Lipinski definition) is 3. The largest absolute Gasteiger partial charge is 0.360 e. The van der Waals surface area contributed by atoms with Crippen LogP contribution in [0, 0.1) is 11.8 Å². The van der Waals surface area contributed by atoms with E-state index < -0.39 is 0 Å². The number of thiocarbonyl (C=S) groups is 1. The molecule has 1 N–H and O–H groups in total. The summed E-state index contributed by atoms with van der Waals surface area (Å²) in [7, 11) is 4.27. The average molecular weight is 352 g/mol. The van der Waals surface area contributed by atoms with Gasteiger partial charge in [-0.15, -0.1) is 11.3 Å². The molecule has 2 aliphatic rings. The van der Waals surface area contributed by atoms with Crippen molar-refractivity contribution in [1.29, 1.82) is 0 Å². The summed E-state index contributed by atoms with van der Waals surface area (Å²) in [6.45, 7) is 3.08. The van der Waals surface area contributed by atoms with Crippen LogP contribution in [0.1, 0.15) is 37.0 Å². The van der Waals surface area contributed by atoms with Crippen molar-refractivity contribution in [3.05, 3.63) is 22.4 Å². The Hall–Kier alpha value is -0.650. The Morgan fingerprint density at radius 3 is 2.78 bits per heavy atom. The van der Waals surface area contributed by atoms with E-state index in [1.165, 1.54) is 30.6 Å². The van der Waals surface area contributed by atoms with Crippen LogP contribution < -0.4 is 5.32 Å². The lowest BCUT2D eigenvalue weighted by Crippen LogP contribution is -2.46. The van der Waals surface area contributed by atoms with Crippen LogP contribution >= 0.6 is 23.6 Å². The highest BCUT2D eigenvalue weighted by Gasteiger charge is 2.40. The minimum Gasteiger partial charge on any atom is -0.360 e. The van der Waals surface area contributed by atoms with Gasteiger partial charge >= 0.3 is 0 Å². The number of nitrogens with one attached hydrogen (secondary N) is 1. The Balaban J connectivity index is 1.55. The lowest BCUT2D eigenvalue weighted by molar-refractivity contribution is 0.328. The summed E-state index contributed by atoms with van der Waals surface area (Å²) in [5.41, 5.74) is 0. The SMILES string of the molecule is CN(C)CCCN(Cc1cccs1)C(=S)N[C@@H]1C[C@H]2CC[C@H]1C2. The fourth-order valence-corrected chi connectivity index (χ4v) is 5.12. The normalized spacial score (nSPS) is 26.0. The number of fused-ring (bicyclic) bond motifs is 2. The molecule has 3 atom stereocenters. The maximum Gasteiger partial charge on any atom is 0.169 e. The predicted molar refractivity (Wildman–Crippen MR) is 103 cm³/mol. The van der Waals surface area contributed by atoms with E-state index >= 15 is 0 Å². The molecule has 0 saturated heterocycles. The molecule has 2 aliphatic carbocycles. The molecule has 2 saturated carbocycles. The molecule has 2 bridgehead atoms. The summed E-state index contributed by atoms with van der Waals surface area (Å²) < 4.78 is 0. The van der Waals surface area contributed by atoms with Gasteiger partial charge in [-0.25, -0.2) is 0 Å². The van der Waals surface area contributed by atoms with Crippen LogP contribution in [0.4, 0.5) is 0 Å². The molecule has 2 fully saturated rings. The van der Waals surface area contributed by atoms with Crippen LogP contribution in [0.3, 0.4) is 0 Å². The first-order chi connectivity index (χ1) is 11.1. The summed E-state index contributed by atoms with van der Waals surface area (Å²) in [6.07, 6.45) is 6.74. The number of hydrogen-bond donors (Lipinski definition) is 1. The third-order valence-electron chi connectivity index (χ3n) is 5.29. The maximum atomic E-state index is 5.79. The fourth-order valence-electron chi connectivity index (χ4n) is 4.09.